The lowest BCUT2D eigenvalue weighted by molar-refractivity contribution is 0.0213. The van der Waals surface area contributed by atoms with Crippen LogP contribution in [0, 0.1) is 0 Å². The Morgan fingerprint density at radius 1 is 1.35 bits per heavy atom. The normalized spacial score (nSPS) is 26.5. The van der Waals surface area contributed by atoms with Gasteiger partial charge in [0.1, 0.15) is 5.60 Å². The van der Waals surface area contributed by atoms with Crippen LogP contribution in [0.5, 0.6) is 0 Å². The van der Waals surface area contributed by atoms with Crippen LogP contribution >= 0.6 is 0 Å². The molecule has 6 nitrogen and oxygen atoms in total. The van der Waals surface area contributed by atoms with Crippen LogP contribution in [0.3, 0.4) is 0 Å². The van der Waals surface area contributed by atoms with Crippen molar-refractivity contribution in [3.8, 4) is 0 Å². The average molecular weight is 318 g/mol. The second-order valence-corrected chi connectivity index (χ2v) is 7.45. The number of ether oxygens (including phenoxy) is 1. The summed E-state index contributed by atoms with van der Waals surface area (Å²) in [4.78, 5) is 18.5. The van der Waals surface area contributed by atoms with Gasteiger partial charge < -0.3 is 19.7 Å². The molecule has 23 heavy (non-hydrogen) atoms. The number of carbonyl (C=O) groups excluding carboxylic acids is 1. The summed E-state index contributed by atoms with van der Waals surface area (Å²) in [6.45, 7) is 5.61. The second-order valence-electron chi connectivity index (χ2n) is 7.45. The maximum absolute atomic E-state index is 12.5. The molecule has 0 aliphatic carbocycles. The van der Waals surface area contributed by atoms with E-state index in [2.05, 4.69) is 4.98 Å². The topological polar surface area (TPSA) is 82.9 Å². The summed E-state index contributed by atoms with van der Waals surface area (Å²) in [5, 5.41) is 18.6. The highest BCUT2D eigenvalue weighted by atomic mass is 16.6. The Hall–Kier alpha value is -1.60. The number of aromatic nitrogens is 1. The van der Waals surface area contributed by atoms with E-state index in [0.29, 0.717) is 5.46 Å². The molecule has 2 saturated heterocycles. The van der Waals surface area contributed by atoms with Crippen molar-refractivity contribution in [1.82, 2.24) is 9.88 Å². The third-order valence-electron chi connectivity index (χ3n) is 4.65. The highest BCUT2D eigenvalue weighted by Gasteiger charge is 2.50. The Morgan fingerprint density at radius 2 is 2.09 bits per heavy atom. The van der Waals surface area contributed by atoms with E-state index in [9.17, 15) is 14.8 Å². The summed E-state index contributed by atoms with van der Waals surface area (Å²) < 4.78 is 5.54. The fraction of sp³-hybridized carbons (Fsp3) is 0.625. The number of fused-ring (bicyclic) bond motifs is 2. The van der Waals surface area contributed by atoms with Crippen molar-refractivity contribution in [2.75, 3.05) is 0 Å². The molecule has 0 aromatic carbocycles. The number of pyridine rings is 1. The first-order chi connectivity index (χ1) is 10.8. The molecule has 0 radical (unpaired) electrons. The maximum Gasteiger partial charge on any atom is 0.490 e. The first-order valence-corrected chi connectivity index (χ1v) is 8.08. The molecule has 0 saturated carbocycles. The molecule has 1 aromatic rings. The van der Waals surface area contributed by atoms with Crippen LogP contribution in [0.1, 0.15) is 51.5 Å². The molecule has 3 unspecified atom stereocenters. The molecule has 0 spiro atoms. The molecule has 3 heterocycles. The van der Waals surface area contributed by atoms with E-state index in [1.54, 1.807) is 12.3 Å². The quantitative estimate of drug-likeness (QED) is 0.796. The van der Waals surface area contributed by atoms with Gasteiger partial charge in [0.25, 0.3) is 0 Å². The Kier molecular flexibility index (Phi) is 4.10. The minimum atomic E-state index is -1.53. The van der Waals surface area contributed by atoms with E-state index >= 15 is 0 Å². The Balaban J connectivity index is 1.80. The van der Waals surface area contributed by atoms with Crippen LogP contribution in [0.25, 0.3) is 0 Å². The van der Waals surface area contributed by atoms with Crippen molar-refractivity contribution >= 4 is 18.7 Å². The fourth-order valence-electron chi connectivity index (χ4n) is 3.77. The molecule has 7 heteroatoms. The molecular weight excluding hydrogens is 295 g/mol. The third kappa shape index (κ3) is 3.21. The summed E-state index contributed by atoms with van der Waals surface area (Å²) in [7, 11) is -1.53. The molecule has 2 bridgehead atoms. The van der Waals surface area contributed by atoms with E-state index in [-0.39, 0.29) is 24.1 Å². The van der Waals surface area contributed by atoms with Crippen LogP contribution in [0.15, 0.2) is 18.5 Å². The minimum Gasteiger partial charge on any atom is -0.444 e. The predicted molar refractivity (Wildman–Crippen MR) is 86.3 cm³/mol. The van der Waals surface area contributed by atoms with Gasteiger partial charge in [0.2, 0.25) is 0 Å². The summed E-state index contributed by atoms with van der Waals surface area (Å²) in [5.74, 6) is 0.174. The van der Waals surface area contributed by atoms with Crippen molar-refractivity contribution in [3.05, 3.63) is 24.0 Å². The minimum absolute atomic E-state index is 0.0998. The highest BCUT2D eigenvalue weighted by Crippen LogP contribution is 2.47. The number of amides is 1. The van der Waals surface area contributed by atoms with E-state index in [1.165, 1.54) is 6.20 Å². The van der Waals surface area contributed by atoms with Crippen molar-refractivity contribution in [2.45, 2.75) is 63.6 Å². The third-order valence-corrected chi connectivity index (χ3v) is 4.65. The zero-order valence-corrected chi connectivity index (χ0v) is 13.8. The molecular formula is C16H23BN2O4. The van der Waals surface area contributed by atoms with E-state index in [4.69, 9.17) is 4.74 Å². The van der Waals surface area contributed by atoms with Crippen LogP contribution in [0.2, 0.25) is 0 Å². The van der Waals surface area contributed by atoms with Crippen LogP contribution in [0.4, 0.5) is 4.79 Å². The zero-order chi connectivity index (χ0) is 16.8. The summed E-state index contributed by atoms with van der Waals surface area (Å²) >= 11 is 0. The summed E-state index contributed by atoms with van der Waals surface area (Å²) in [6.07, 6.45) is 5.77. The molecule has 1 amide bonds. The molecule has 124 valence electrons. The van der Waals surface area contributed by atoms with Crippen LogP contribution < -0.4 is 5.46 Å². The van der Waals surface area contributed by atoms with Gasteiger partial charge in [-0.05, 0) is 45.6 Å². The van der Waals surface area contributed by atoms with Crippen molar-refractivity contribution < 1.29 is 19.6 Å². The SMILES string of the molecule is CC(C)(C)OC(=O)N1C2CCC1C(c1cncc(B(O)O)c1)C2. The molecule has 3 rings (SSSR count). The number of nitrogens with zero attached hydrogens (tertiary/aromatic N) is 2. The molecule has 2 fully saturated rings. The lowest BCUT2D eigenvalue weighted by Crippen LogP contribution is -2.40. The average Bonchev–Trinajstić information content (AvgIpc) is 3.03. The molecule has 2 aliphatic rings. The van der Waals surface area contributed by atoms with Crippen molar-refractivity contribution in [1.29, 1.82) is 0 Å². The first kappa shape index (κ1) is 16.3. The van der Waals surface area contributed by atoms with Crippen molar-refractivity contribution in [3.63, 3.8) is 0 Å². The van der Waals surface area contributed by atoms with E-state index < -0.39 is 12.7 Å². The smallest absolute Gasteiger partial charge is 0.444 e. The van der Waals surface area contributed by atoms with E-state index in [1.807, 2.05) is 25.7 Å². The Labute approximate surface area is 136 Å². The number of rotatable bonds is 2. The molecule has 2 N–H and O–H groups in total. The number of carbonyl (C=O) groups is 1. The molecule has 2 aliphatic heterocycles. The number of hydrogen-bond donors (Lipinski definition) is 2. The predicted octanol–water partition coefficient (Wildman–Crippen LogP) is 1.02. The van der Waals surface area contributed by atoms with Gasteiger partial charge in [0.05, 0.1) is 0 Å². The first-order valence-electron chi connectivity index (χ1n) is 8.08. The van der Waals surface area contributed by atoms with Gasteiger partial charge in [0, 0.05) is 35.9 Å². The van der Waals surface area contributed by atoms with Gasteiger partial charge in [-0.15, -0.1) is 0 Å². The fourth-order valence-corrected chi connectivity index (χ4v) is 3.77. The maximum atomic E-state index is 12.5. The zero-order valence-electron chi connectivity index (χ0n) is 13.8. The molecule has 1 aromatic heterocycles. The second kappa shape index (κ2) is 5.80. The van der Waals surface area contributed by atoms with Crippen LogP contribution in [-0.2, 0) is 4.74 Å². The van der Waals surface area contributed by atoms with Crippen molar-refractivity contribution in [2.24, 2.45) is 0 Å². The molecule has 3 atom stereocenters. The van der Waals surface area contributed by atoms with Gasteiger partial charge >= 0.3 is 13.2 Å². The Morgan fingerprint density at radius 3 is 2.74 bits per heavy atom. The summed E-state index contributed by atoms with van der Waals surface area (Å²) in [6, 6.07) is 2.07. The van der Waals surface area contributed by atoms with Gasteiger partial charge in [-0.2, -0.15) is 0 Å². The van der Waals surface area contributed by atoms with Gasteiger partial charge in [0.15, 0.2) is 0 Å². The highest BCUT2D eigenvalue weighted by molar-refractivity contribution is 6.58. The number of hydrogen-bond acceptors (Lipinski definition) is 5. The lowest BCUT2D eigenvalue weighted by atomic mass is 9.78. The van der Waals surface area contributed by atoms with E-state index in [0.717, 1.165) is 24.8 Å². The lowest BCUT2D eigenvalue weighted by Gasteiger charge is -2.28. The standard InChI is InChI=1S/C16H23BN2O4/c1-16(2,3)23-15(20)19-12-4-5-14(19)13(7-12)10-6-11(17(21)22)9-18-8-10/h6,8-9,12-14,21-22H,4-5,7H2,1-3H3. The summed E-state index contributed by atoms with van der Waals surface area (Å²) in [5.41, 5.74) is 0.835. The van der Waals surface area contributed by atoms with Crippen LogP contribution in [-0.4, -0.2) is 50.8 Å². The Bertz CT molecular complexity index is 602. The van der Waals surface area contributed by atoms with Gasteiger partial charge in [-0.25, -0.2) is 4.79 Å². The van der Waals surface area contributed by atoms with Gasteiger partial charge in [-0.1, -0.05) is 6.07 Å². The monoisotopic (exact) mass is 318 g/mol. The van der Waals surface area contributed by atoms with Gasteiger partial charge in [-0.3, -0.25) is 4.98 Å². The largest absolute Gasteiger partial charge is 0.490 e.